The normalized spacial score (nSPS) is 15.0. The minimum atomic E-state index is -0.579. The molecule has 2 aromatic carbocycles. The van der Waals surface area contributed by atoms with Crippen LogP contribution in [0.4, 0.5) is 5.69 Å². The standard InChI is InChI=1S/C20H22N2O4/c1-13-8-9-15(17(10-13)25-12-19(23)22(2)3)21-20(24)18-11-14-6-4-5-7-16(14)26-18/h4-10,18H,11-12H2,1-3H3,(H,21,24). The molecule has 0 bridgehead atoms. The fourth-order valence-electron chi connectivity index (χ4n) is 2.66. The lowest BCUT2D eigenvalue weighted by Gasteiger charge is -2.16. The number of nitrogens with one attached hydrogen (secondary N) is 1. The van der Waals surface area contributed by atoms with E-state index < -0.39 is 6.10 Å². The van der Waals surface area contributed by atoms with E-state index in [1.54, 1.807) is 26.2 Å². The van der Waals surface area contributed by atoms with Gasteiger partial charge in [-0.3, -0.25) is 9.59 Å². The minimum absolute atomic E-state index is 0.0926. The van der Waals surface area contributed by atoms with Crippen LogP contribution in [0.3, 0.4) is 0 Å². The highest BCUT2D eigenvalue weighted by Gasteiger charge is 2.29. The molecule has 26 heavy (non-hydrogen) atoms. The summed E-state index contributed by atoms with van der Waals surface area (Å²) in [5.74, 6) is 0.806. The lowest BCUT2D eigenvalue weighted by atomic mass is 10.1. The van der Waals surface area contributed by atoms with Gasteiger partial charge in [0.2, 0.25) is 0 Å². The molecule has 0 spiro atoms. The first kappa shape index (κ1) is 17.8. The summed E-state index contributed by atoms with van der Waals surface area (Å²) in [6.07, 6.45) is -0.0478. The average Bonchev–Trinajstić information content (AvgIpc) is 3.05. The molecule has 0 aromatic heterocycles. The van der Waals surface area contributed by atoms with E-state index in [2.05, 4.69) is 5.32 Å². The summed E-state index contributed by atoms with van der Waals surface area (Å²) in [5.41, 5.74) is 2.51. The van der Waals surface area contributed by atoms with Crippen LogP contribution >= 0.6 is 0 Å². The summed E-state index contributed by atoms with van der Waals surface area (Å²) < 4.78 is 11.3. The molecule has 6 nitrogen and oxygen atoms in total. The summed E-state index contributed by atoms with van der Waals surface area (Å²) in [7, 11) is 3.33. The van der Waals surface area contributed by atoms with Crippen molar-refractivity contribution in [2.45, 2.75) is 19.4 Å². The van der Waals surface area contributed by atoms with Gasteiger partial charge < -0.3 is 19.7 Å². The van der Waals surface area contributed by atoms with Gasteiger partial charge in [-0.1, -0.05) is 24.3 Å². The number of aryl methyl sites for hydroxylation is 1. The number of carbonyl (C=O) groups is 2. The molecule has 0 radical (unpaired) electrons. The Morgan fingerprint density at radius 2 is 2.00 bits per heavy atom. The molecule has 1 aliphatic heterocycles. The number of rotatable bonds is 5. The number of hydrogen-bond acceptors (Lipinski definition) is 4. The number of fused-ring (bicyclic) bond motifs is 1. The van der Waals surface area contributed by atoms with Crippen LogP contribution in [0.15, 0.2) is 42.5 Å². The summed E-state index contributed by atoms with van der Waals surface area (Å²) in [6.45, 7) is 1.83. The fourth-order valence-corrected chi connectivity index (χ4v) is 2.66. The first-order valence-electron chi connectivity index (χ1n) is 8.43. The van der Waals surface area contributed by atoms with Gasteiger partial charge in [-0.2, -0.15) is 0 Å². The predicted octanol–water partition coefficient (Wildman–Crippen LogP) is 2.40. The van der Waals surface area contributed by atoms with E-state index in [9.17, 15) is 9.59 Å². The average molecular weight is 354 g/mol. The maximum absolute atomic E-state index is 12.6. The number of carbonyl (C=O) groups excluding carboxylic acids is 2. The van der Waals surface area contributed by atoms with Gasteiger partial charge in [-0.15, -0.1) is 0 Å². The van der Waals surface area contributed by atoms with Crippen LogP contribution in [-0.4, -0.2) is 43.5 Å². The van der Waals surface area contributed by atoms with E-state index in [-0.39, 0.29) is 18.4 Å². The Morgan fingerprint density at radius 1 is 1.23 bits per heavy atom. The highest BCUT2D eigenvalue weighted by Crippen LogP contribution is 2.30. The lowest BCUT2D eigenvalue weighted by Crippen LogP contribution is -2.32. The van der Waals surface area contributed by atoms with Crippen LogP contribution in [-0.2, 0) is 16.0 Å². The third kappa shape index (κ3) is 3.96. The van der Waals surface area contributed by atoms with E-state index in [0.717, 1.165) is 16.9 Å². The zero-order valence-corrected chi connectivity index (χ0v) is 15.1. The Kier molecular flexibility index (Phi) is 5.11. The van der Waals surface area contributed by atoms with Crippen molar-refractivity contribution >= 4 is 17.5 Å². The molecule has 1 atom stereocenters. The first-order chi connectivity index (χ1) is 12.4. The molecule has 0 aliphatic carbocycles. The van der Waals surface area contributed by atoms with Crippen molar-refractivity contribution < 1.29 is 19.1 Å². The van der Waals surface area contributed by atoms with Crippen LogP contribution in [0.1, 0.15) is 11.1 Å². The number of nitrogens with zero attached hydrogens (tertiary/aromatic N) is 1. The van der Waals surface area contributed by atoms with Crippen LogP contribution in [0.25, 0.3) is 0 Å². The molecule has 2 aromatic rings. The van der Waals surface area contributed by atoms with Crippen LogP contribution in [0, 0.1) is 6.92 Å². The van der Waals surface area contributed by atoms with Crippen molar-refractivity contribution in [3.63, 3.8) is 0 Å². The second-order valence-corrected chi connectivity index (χ2v) is 6.48. The lowest BCUT2D eigenvalue weighted by molar-refractivity contribution is -0.130. The summed E-state index contributed by atoms with van der Waals surface area (Å²) in [5, 5.41) is 2.85. The summed E-state index contributed by atoms with van der Waals surface area (Å²) >= 11 is 0. The molecule has 2 amide bonds. The van der Waals surface area contributed by atoms with E-state index in [4.69, 9.17) is 9.47 Å². The molecule has 1 aliphatic rings. The highest BCUT2D eigenvalue weighted by atomic mass is 16.5. The first-order valence-corrected chi connectivity index (χ1v) is 8.43. The minimum Gasteiger partial charge on any atom is -0.482 e. The third-order valence-corrected chi connectivity index (χ3v) is 4.18. The Labute approximate surface area is 152 Å². The topological polar surface area (TPSA) is 67.9 Å². The number of anilines is 1. The summed E-state index contributed by atoms with van der Waals surface area (Å²) in [6, 6.07) is 13.1. The molecule has 3 rings (SSSR count). The largest absolute Gasteiger partial charge is 0.482 e. The van der Waals surface area contributed by atoms with E-state index in [1.807, 2.05) is 37.3 Å². The molecule has 136 valence electrons. The quantitative estimate of drug-likeness (QED) is 0.895. The Bertz CT molecular complexity index is 807. The van der Waals surface area contributed by atoms with Gasteiger partial charge in [-0.05, 0) is 36.2 Å². The SMILES string of the molecule is Cc1ccc(NC(=O)C2Cc3ccccc3O2)c(OCC(=O)N(C)C)c1. The van der Waals surface area contributed by atoms with Crippen LogP contribution in [0.5, 0.6) is 11.5 Å². The zero-order valence-electron chi connectivity index (χ0n) is 15.1. The van der Waals surface area contributed by atoms with Crippen molar-refractivity contribution in [2.75, 3.05) is 26.0 Å². The number of ether oxygens (including phenoxy) is 2. The molecule has 0 fully saturated rings. The molecular formula is C20H22N2O4. The van der Waals surface area contributed by atoms with Crippen molar-refractivity contribution in [1.29, 1.82) is 0 Å². The molecule has 0 saturated carbocycles. The number of para-hydroxylation sites is 1. The van der Waals surface area contributed by atoms with Gasteiger partial charge in [0.1, 0.15) is 11.5 Å². The van der Waals surface area contributed by atoms with Gasteiger partial charge in [0.05, 0.1) is 5.69 Å². The monoisotopic (exact) mass is 354 g/mol. The number of likely N-dealkylation sites (N-methyl/N-ethyl adjacent to an activating group) is 1. The highest BCUT2D eigenvalue weighted by molar-refractivity contribution is 5.96. The molecule has 1 heterocycles. The second-order valence-electron chi connectivity index (χ2n) is 6.48. The zero-order chi connectivity index (χ0) is 18.7. The summed E-state index contributed by atoms with van der Waals surface area (Å²) in [4.78, 5) is 25.8. The smallest absolute Gasteiger partial charge is 0.265 e. The third-order valence-electron chi connectivity index (χ3n) is 4.18. The van der Waals surface area contributed by atoms with Crippen molar-refractivity contribution in [1.82, 2.24) is 4.90 Å². The van der Waals surface area contributed by atoms with Crippen LogP contribution in [0.2, 0.25) is 0 Å². The molecule has 1 N–H and O–H groups in total. The second kappa shape index (κ2) is 7.47. The van der Waals surface area contributed by atoms with Gasteiger partial charge in [0, 0.05) is 20.5 Å². The maximum Gasteiger partial charge on any atom is 0.265 e. The molecule has 1 unspecified atom stereocenters. The van der Waals surface area contributed by atoms with Crippen molar-refractivity contribution in [2.24, 2.45) is 0 Å². The predicted molar refractivity (Wildman–Crippen MR) is 98.6 cm³/mol. The van der Waals surface area contributed by atoms with Crippen molar-refractivity contribution in [3.8, 4) is 11.5 Å². The fraction of sp³-hybridized carbons (Fsp3) is 0.300. The van der Waals surface area contributed by atoms with Gasteiger partial charge in [0.15, 0.2) is 12.7 Å². The number of amides is 2. The van der Waals surface area contributed by atoms with Crippen LogP contribution < -0.4 is 14.8 Å². The Hall–Kier alpha value is -3.02. The van der Waals surface area contributed by atoms with Gasteiger partial charge in [0.25, 0.3) is 11.8 Å². The molecular weight excluding hydrogens is 332 g/mol. The Balaban J connectivity index is 1.69. The van der Waals surface area contributed by atoms with E-state index in [1.165, 1.54) is 4.90 Å². The van der Waals surface area contributed by atoms with Gasteiger partial charge in [-0.25, -0.2) is 0 Å². The number of benzene rings is 2. The van der Waals surface area contributed by atoms with E-state index >= 15 is 0 Å². The van der Waals surface area contributed by atoms with Crippen molar-refractivity contribution in [3.05, 3.63) is 53.6 Å². The van der Waals surface area contributed by atoms with E-state index in [0.29, 0.717) is 17.9 Å². The maximum atomic E-state index is 12.6. The number of hydrogen-bond donors (Lipinski definition) is 1. The Morgan fingerprint density at radius 3 is 2.73 bits per heavy atom. The molecule has 0 saturated heterocycles. The van der Waals surface area contributed by atoms with Gasteiger partial charge >= 0.3 is 0 Å². The molecule has 6 heteroatoms.